The average molecular weight is 2120 g/mol. The van der Waals surface area contributed by atoms with Gasteiger partial charge in [-0.1, -0.05) is 220 Å². The summed E-state index contributed by atoms with van der Waals surface area (Å²) in [5, 5.41) is 8.34. The third kappa shape index (κ3) is 21.7. The van der Waals surface area contributed by atoms with Crippen molar-refractivity contribution >= 4 is 186 Å². The fourth-order valence-electron chi connectivity index (χ4n) is 19.6. The van der Waals surface area contributed by atoms with Crippen molar-refractivity contribution in [2.75, 3.05) is 64.3 Å². The van der Waals surface area contributed by atoms with Crippen molar-refractivity contribution < 1.29 is 52.0 Å². The van der Waals surface area contributed by atoms with Gasteiger partial charge in [0, 0.05) is 157 Å². The molecular formula is C110H103Br2Cl6FN10O10. The Balaban J connectivity index is 0.000000120. The first-order chi connectivity index (χ1) is 67.3. The quantitative estimate of drug-likeness (QED) is 0.0482. The lowest BCUT2D eigenvalue weighted by molar-refractivity contribution is -0.130. The number of hydrogen-bond acceptors (Lipinski definition) is 10. The van der Waals surface area contributed by atoms with E-state index in [1.54, 1.807) is 45.9 Å². The van der Waals surface area contributed by atoms with Crippen molar-refractivity contribution in [2.24, 2.45) is 0 Å². The van der Waals surface area contributed by atoms with Gasteiger partial charge in [-0.2, -0.15) is 0 Å². The number of benzene rings is 11. The standard InChI is InChI=1S/C27H25ClN2O3.C22H23BrN2O.C21H21ClN2O2.C20H17BrCl2N2O2.C20H17Cl2FN2O2/c1-2-32-27(31)30-15-14-22-23-16-20(28)10-13-24(23)29-25(22)26(30)19-8-11-21(12-9-19)33-17-18-6-4-3-5-7-18;1-13(2)15-4-6-16(7-5-15)22-21-18(10-11-25(22)14(3)26)19-12-17(23)8-9-20(19)24-21;1-13(2)26-21(25)24-11-10-16-17-12-15(22)8-9-18(17)23-19(16)20(24)14-6-4-3-5-7-14;21-13-3-1-2-12(10-13)19-18-15(6-8-25(19)20(26)27-9-7-22)16-11-14(23)4-5-17(16)24-18;21-8-10-27-20(26)25-9-7-13-15-11-12(22)5-6-17(15)24-18(13)19(25)14-3-1-2-4-16(14)23/h3-13,16,26,29H,2,14-15,17H2,1H3;4-9,12-13,22,24H,10-11H2,1-3H3;3-9,12-13,20,23H,10-11H2,1-2H3;1-5,10-11,19,24H,6-9H2;1-6,11,19,24H,7-10H2. The second-order valence-corrected chi connectivity index (χ2v) is 39.5. The Morgan fingerprint density at radius 2 is 0.748 bits per heavy atom. The highest BCUT2D eigenvalue weighted by Crippen LogP contribution is 2.47. The van der Waals surface area contributed by atoms with E-state index in [1.165, 1.54) is 39.3 Å². The minimum Gasteiger partial charge on any atom is -0.489 e. The van der Waals surface area contributed by atoms with Gasteiger partial charge in [-0.05, 0) is 241 Å². The van der Waals surface area contributed by atoms with Crippen LogP contribution in [0.2, 0.25) is 20.1 Å². The van der Waals surface area contributed by atoms with Crippen molar-refractivity contribution in [3.63, 3.8) is 0 Å². The molecular weight excluding hydrogens is 2010 g/mol. The lowest BCUT2D eigenvalue weighted by Gasteiger charge is -2.35. The third-order valence-corrected chi connectivity index (χ3v) is 28.1. The van der Waals surface area contributed by atoms with Gasteiger partial charge in [0.2, 0.25) is 5.91 Å². The Kier molecular flexibility index (Phi) is 31.4. The number of rotatable bonds is 15. The van der Waals surface area contributed by atoms with Crippen LogP contribution in [0.25, 0.3) is 54.5 Å². The summed E-state index contributed by atoms with van der Waals surface area (Å²) in [7, 11) is 0. The molecule has 29 heteroatoms. The predicted molar refractivity (Wildman–Crippen MR) is 559 cm³/mol. The highest BCUT2D eigenvalue weighted by atomic mass is 79.9. The smallest absolute Gasteiger partial charge is 0.410 e. The number of aromatic amines is 5. The Morgan fingerprint density at radius 3 is 1.17 bits per heavy atom. The Bertz CT molecular complexity index is 7080. The van der Waals surface area contributed by atoms with Crippen molar-refractivity contribution in [1.29, 1.82) is 0 Å². The molecule has 21 rings (SSSR count). The summed E-state index contributed by atoms with van der Waals surface area (Å²) < 4.78 is 44.1. The van der Waals surface area contributed by atoms with Crippen LogP contribution in [-0.2, 0) is 62.5 Å². The molecule has 5 aromatic heterocycles. The second kappa shape index (κ2) is 44.3. The maximum Gasteiger partial charge on any atom is 0.410 e. The number of hydrogen-bond donors (Lipinski definition) is 5. The highest BCUT2D eigenvalue weighted by molar-refractivity contribution is 9.10. The Morgan fingerprint density at radius 1 is 0.388 bits per heavy atom. The number of carbonyl (C=O) groups excluding carboxylic acids is 5. The van der Waals surface area contributed by atoms with Gasteiger partial charge in [0.1, 0.15) is 55.6 Å². The molecule has 5 unspecified atom stereocenters. The van der Waals surface area contributed by atoms with Gasteiger partial charge in [-0.25, -0.2) is 23.6 Å². The summed E-state index contributed by atoms with van der Waals surface area (Å²) in [6, 6.07) is 79.3. The zero-order valence-electron chi connectivity index (χ0n) is 77.2. The fraction of sp³-hybridized carbons (Fsp3) is 0.264. The molecule has 10 heterocycles. The molecule has 5 aliphatic rings. The predicted octanol–water partition coefficient (Wildman–Crippen LogP) is 28.6. The van der Waals surface area contributed by atoms with Gasteiger partial charge < -0.3 is 53.5 Å². The number of ether oxygens (including phenoxy) is 5. The zero-order valence-corrected chi connectivity index (χ0v) is 85.0. The molecule has 5 amide bonds. The van der Waals surface area contributed by atoms with Crippen LogP contribution in [0.15, 0.2) is 258 Å². The van der Waals surface area contributed by atoms with Crippen molar-refractivity contribution in [3.8, 4) is 5.75 Å². The number of nitrogens with zero attached hydrogens (tertiary/aromatic N) is 5. The van der Waals surface area contributed by atoms with Gasteiger partial charge in [-0.15, -0.1) is 23.2 Å². The number of alkyl halides is 2. The number of aromatic nitrogens is 5. The first kappa shape index (κ1) is 98.7. The molecule has 5 N–H and O–H groups in total. The molecule has 0 saturated carbocycles. The number of fused-ring (bicyclic) bond motifs is 15. The minimum absolute atomic E-state index is 0.0522. The van der Waals surface area contributed by atoms with Crippen molar-refractivity contribution in [1.82, 2.24) is 49.4 Å². The van der Waals surface area contributed by atoms with E-state index >= 15 is 0 Å². The van der Waals surface area contributed by atoms with Crippen LogP contribution in [0.5, 0.6) is 5.75 Å². The van der Waals surface area contributed by atoms with E-state index in [0.717, 1.165) is 163 Å². The second-order valence-electron chi connectivity index (χ2n) is 35.2. The minimum atomic E-state index is -0.607. The Labute approximate surface area is 852 Å². The number of nitrogens with one attached hydrogen (secondary N) is 5. The number of halogens is 9. The van der Waals surface area contributed by atoms with E-state index in [1.807, 2.05) is 206 Å². The average Bonchev–Trinajstić information content (AvgIpc) is 1.63. The number of H-pyrrole nitrogens is 5. The SMILES string of the molecule is CC(=O)N1CCc2c([nH]c3ccc(Br)cc23)C1c1ccc(C(C)C)cc1.CC(C)OC(=O)N1CCc2c([nH]c3ccc(Cl)cc23)C1c1ccccc1.CCOC(=O)N1CCc2c([nH]c3ccc(Cl)cc23)C1c1ccc(OCc2ccccc2)cc1.O=C(OCCCl)N1CCc2c([nH]c3ccc(Cl)cc23)C1c1cccc(Br)c1.O=C(OCCCl)N1CCc2c([nH]c3ccc(Cl)cc23)C1c1ccccc1F. The summed E-state index contributed by atoms with van der Waals surface area (Å²) in [5.41, 5.74) is 23.2. The summed E-state index contributed by atoms with van der Waals surface area (Å²) in [5.74, 6) is 1.51. The normalized spacial score (nSPS) is 16.3. The maximum atomic E-state index is 14.6. The number of carbonyl (C=O) groups is 5. The Hall–Kier alpha value is -11.9. The van der Waals surface area contributed by atoms with Crippen LogP contribution in [0, 0.1) is 5.82 Å². The van der Waals surface area contributed by atoms with Crippen LogP contribution in [-0.4, -0.2) is 150 Å². The molecule has 0 aliphatic carbocycles. The van der Waals surface area contributed by atoms with Crippen LogP contribution < -0.4 is 4.74 Å². The third-order valence-electron chi connectivity index (χ3n) is 25.8. The van der Waals surface area contributed by atoms with E-state index in [2.05, 4.69) is 113 Å². The first-order valence-electron chi connectivity index (χ1n) is 46.4. The van der Waals surface area contributed by atoms with Crippen LogP contribution >= 0.6 is 101 Å². The molecule has 16 aromatic rings. The van der Waals surface area contributed by atoms with Crippen LogP contribution in [0.3, 0.4) is 0 Å². The van der Waals surface area contributed by atoms with E-state index in [9.17, 15) is 28.4 Å². The summed E-state index contributed by atoms with van der Waals surface area (Å²) in [6.07, 6.45) is 2.13. The largest absolute Gasteiger partial charge is 0.489 e. The molecule has 0 radical (unpaired) electrons. The van der Waals surface area contributed by atoms with Gasteiger partial charge in [0.25, 0.3) is 0 Å². The van der Waals surface area contributed by atoms with E-state index in [0.29, 0.717) is 72.4 Å². The van der Waals surface area contributed by atoms with Crippen molar-refractivity contribution in [3.05, 3.63) is 379 Å². The summed E-state index contributed by atoms with van der Waals surface area (Å²) >= 11 is 43.3. The maximum absolute atomic E-state index is 14.6. The van der Waals surface area contributed by atoms with Gasteiger partial charge in [-0.3, -0.25) is 24.4 Å². The lowest BCUT2D eigenvalue weighted by Crippen LogP contribution is -2.41. The number of amides is 5. The first-order valence-corrected chi connectivity index (χ1v) is 50.6. The van der Waals surface area contributed by atoms with Crippen LogP contribution in [0.1, 0.15) is 173 Å². The van der Waals surface area contributed by atoms with E-state index in [4.69, 9.17) is 93.3 Å². The monoisotopic (exact) mass is 2110 g/mol. The van der Waals surface area contributed by atoms with Crippen LogP contribution in [0.4, 0.5) is 23.6 Å². The molecule has 0 bridgehead atoms. The van der Waals surface area contributed by atoms with Gasteiger partial charge in [0.05, 0.1) is 30.5 Å². The fourth-order valence-corrected chi connectivity index (χ4v) is 21.2. The summed E-state index contributed by atoms with van der Waals surface area (Å²) in [4.78, 5) is 89.7. The molecule has 0 spiro atoms. The molecule has 0 fully saturated rings. The van der Waals surface area contributed by atoms with E-state index in [-0.39, 0.29) is 85.2 Å². The van der Waals surface area contributed by atoms with Gasteiger partial charge in [0.15, 0.2) is 0 Å². The molecule has 716 valence electrons. The van der Waals surface area contributed by atoms with Gasteiger partial charge >= 0.3 is 24.4 Å². The molecule has 5 aliphatic heterocycles. The molecule has 20 nitrogen and oxygen atoms in total. The molecule has 0 saturated heterocycles. The molecule has 139 heavy (non-hydrogen) atoms. The zero-order chi connectivity index (χ0) is 97.4. The summed E-state index contributed by atoms with van der Waals surface area (Å²) in [6.45, 7) is 15.7. The molecule has 11 aromatic carbocycles. The van der Waals surface area contributed by atoms with E-state index < -0.39 is 12.1 Å². The highest BCUT2D eigenvalue weighted by Gasteiger charge is 2.42. The topological polar surface area (TPSA) is 227 Å². The lowest BCUT2D eigenvalue weighted by atomic mass is 9.91. The molecule has 5 atom stereocenters. The van der Waals surface area contributed by atoms with Crippen molar-refractivity contribution in [2.45, 2.75) is 122 Å².